The first kappa shape index (κ1) is 17.5. The van der Waals surface area contributed by atoms with E-state index in [1.165, 1.54) is 11.5 Å². The highest BCUT2D eigenvalue weighted by Crippen LogP contribution is 2.17. The van der Waals surface area contributed by atoms with Gasteiger partial charge in [0.2, 0.25) is 0 Å². The lowest BCUT2D eigenvalue weighted by Crippen LogP contribution is -2.30. The predicted octanol–water partition coefficient (Wildman–Crippen LogP) is 2.57. The van der Waals surface area contributed by atoms with Crippen LogP contribution in [0.3, 0.4) is 0 Å². The molecule has 2 aromatic carbocycles. The smallest absolute Gasteiger partial charge is 0.351 e. The van der Waals surface area contributed by atoms with E-state index in [4.69, 9.17) is 9.84 Å². The Kier molecular flexibility index (Phi) is 4.88. The lowest BCUT2D eigenvalue weighted by molar-refractivity contribution is -0.140. The van der Waals surface area contributed by atoms with Crippen LogP contribution in [0.1, 0.15) is 24.4 Å². The Balaban J connectivity index is 1.81. The molecule has 0 radical (unpaired) electrons. The fourth-order valence-corrected chi connectivity index (χ4v) is 2.57. The molecule has 1 atom stereocenters. The third kappa shape index (κ3) is 3.51. The highest BCUT2D eigenvalue weighted by molar-refractivity contribution is 5.71. The molecule has 0 saturated carbocycles. The number of aryl methyl sites for hydroxylation is 1. The van der Waals surface area contributed by atoms with Crippen LogP contribution in [0.15, 0.2) is 59.4 Å². The molecule has 26 heavy (non-hydrogen) atoms. The summed E-state index contributed by atoms with van der Waals surface area (Å²) in [6.07, 6.45) is 0. The Morgan fingerprint density at radius 3 is 2.42 bits per heavy atom. The van der Waals surface area contributed by atoms with Gasteiger partial charge in [0, 0.05) is 0 Å². The first-order valence-electron chi connectivity index (χ1n) is 8.15. The topological polar surface area (TPSA) is 86.4 Å². The molecule has 0 amide bonds. The van der Waals surface area contributed by atoms with Crippen LogP contribution < -0.4 is 10.4 Å². The first-order valence-corrected chi connectivity index (χ1v) is 8.15. The molecule has 0 bridgehead atoms. The average molecular weight is 353 g/mol. The van der Waals surface area contributed by atoms with Gasteiger partial charge in [-0.15, -0.1) is 0 Å². The standard InChI is InChI=1S/C19H19N3O4/c1-13(18(23)24)22-19(25)21(14(2)20-22)16-8-10-17(11-9-16)26-12-15-6-4-3-5-7-15/h3-11,13H,12H2,1-2H3,(H,23,24). The van der Waals surface area contributed by atoms with Crippen molar-refractivity contribution >= 4 is 5.97 Å². The van der Waals surface area contributed by atoms with E-state index in [9.17, 15) is 9.59 Å². The molecule has 1 heterocycles. The van der Waals surface area contributed by atoms with E-state index in [0.29, 0.717) is 23.9 Å². The van der Waals surface area contributed by atoms with Crippen molar-refractivity contribution in [2.75, 3.05) is 0 Å². The van der Waals surface area contributed by atoms with Crippen LogP contribution in [0.2, 0.25) is 0 Å². The average Bonchev–Trinajstić information content (AvgIpc) is 2.95. The van der Waals surface area contributed by atoms with Crippen molar-refractivity contribution in [1.82, 2.24) is 14.3 Å². The second-order valence-corrected chi connectivity index (χ2v) is 5.89. The number of carboxylic acids is 1. The number of rotatable bonds is 6. The Bertz CT molecular complexity index is 959. The van der Waals surface area contributed by atoms with E-state index >= 15 is 0 Å². The maximum Gasteiger partial charge on any atom is 0.351 e. The number of ether oxygens (including phenoxy) is 1. The maximum absolute atomic E-state index is 12.5. The van der Waals surface area contributed by atoms with Gasteiger partial charge in [-0.05, 0) is 43.7 Å². The Labute approximate surface area is 150 Å². The summed E-state index contributed by atoms with van der Waals surface area (Å²) in [5.74, 6) is -0.0166. The quantitative estimate of drug-likeness (QED) is 0.736. The zero-order valence-corrected chi connectivity index (χ0v) is 14.5. The Hall–Kier alpha value is -3.35. The van der Waals surface area contributed by atoms with E-state index in [2.05, 4.69) is 5.10 Å². The number of carbonyl (C=O) groups is 1. The number of carboxylic acid groups (broad SMARTS) is 1. The summed E-state index contributed by atoms with van der Waals surface area (Å²) in [6.45, 7) is 3.53. The summed E-state index contributed by atoms with van der Waals surface area (Å²) >= 11 is 0. The van der Waals surface area contributed by atoms with Crippen LogP contribution in [0.4, 0.5) is 0 Å². The van der Waals surface area contributed by atoms with Gasteiger partial charge in [-0.2, -0.15) is 9.78 Å². The minimum absolute atomic E-state index is 0.418. The van der Waals surface area contributed by atoms with Crippen molar-refractivity contribution in [3.63, 3.8) is 0 Å². The van der Waals surface area contributed by atoms with Crippen LogP contribution in [0.5, 0.6) is 5.75 Å². The molecule has 0 fully saturated rings. The van der Waals surface area contributed by atoms with Gasteiger partial charge in [-0.1, -0.05) is 30.3 Å². The number of aliphatic carboxylic acids is 1. The minimum atomic E-state index is -1.11. The number of aromatic nitrogens is 3. The molecule has 7 nitrogen and oxygen atoms in total. The van der Waals surface area contributed by atoms with Gasteiger partial charge in [-0.25, -0.2) is 14.2 Å². The van der Waals surface area contributed by atoms with Crippen molar-refractivity contribution in [3.8, 4) is 11.4 Å². The molecule has 7 heteroatoms. The molecule has 134 valence electrons. The van der Waals surface area contributed by atoms with Gasteiger partial charge in [0.05, 0.1) is 5.69 Å². The third-order valence-electron chi connectivity index (χ3n) is 4.03. The highest BCUT2D eigenvalue weighted by Gasteiger charge is 2.21. The lowest BCUT2D eigenvalue weighted by atomic mass is 10.2. The van der Waals surface area contributed by atoms with Gasteiger partial charge in [0.25, 0.3) is 0 Å². The second kappa shape index (κ2) is 7.26. The predicted molar refractivity (Wildman–Crippen MR) is 95.7 cm³/mol. The van der Waals surface area contributed by atoms with Gasteiger partial charge >= 0.3 is 11.7 Å². The Morgan fingerprint density at radius 2 is 1.81 bits per heavy atom. The van der Waals surface area contributed by atoms with Crippen molar-refractivity contribution in [2.24, 2.45) is 0 Å². The number of benzene rings is 2. The molecule has 1 unspecified atom stereocenters. The van der Waals surface area contributed by atoms with Gasteiger partial charge in [-0.3, -0.25) is 0 Å². The highest BCUT2D eigenvalue weighted by atomic mass is 16.5. The first-order chi connectivity index (χ1) is 12.5. The fourth-order valence-electron chi connectivity index (χ4n) is 2.57. The van der Waals surface area contributed by atoms with Crippen LogP contribution in [0.25, 0.3) is 5.69 Å². The van der Waals surface area contributed by atoms with E-state index in [1.807, 2.05) is 30.3 Å². The monoisotopic (exact) mass is 353 g/mol. The van der Waals surface area contributed by atoms with Crippen molar-refractivity contribution in [3.05, 3.63) is 76.5 Å². The molecule has 0 aliphatic carbocycles. The molecule has 0 aliphatic rings. The van der Waals surface area contributed by atoms with Crippen molar-refractivity contribution in [2.45, 2.75) is 26.5 Å². The summed E-state index contributed by atoms with van der Waals surface area (Å²) in [5, 5.41) is 13.2. The maximum atomic E-state index is 12.5. The van der Waals surface area contributed by atoms with Crippen LogP contribution in [-0.2, 0) is 11.4 Å². The molecule has 1 N–H and O–H groups in total. The van der Waals surface area contributed by atoms with Gasteiger partial charge < -0.3 is 9.84 Å². The molecule has 0 aliphatic heterocycles. The summed E-state index contributed by atoms with van der Waals surface area (Å²) in [7, 11) is 0. The number of hydrogen-bond donors (Lipinski definition) is 1. The summed E-state index contributed by atoms with van der Waals surface area (Å²) < 4.78 is 8.08. The largest absolute Gasteiger partial charge is 0.489 e. The summed E-state index contributed by atoms with van der Waals surface area (Å²) in [4.78, 5) is 23.6. The number of nitrogens with zero attached hydrogens (tertiary/aromatic N) is 3. The third-order valence-corrected chi connectivity index (χ3v) is 4.03. The molecular weight excluding hydrogens is 334 g/mol. The minimum Gasteiger partial charge on any atom is -0.489 e. The summed E-state index contributed by atoms with van der Waals surface area (Å²) in [5.41, 5.74) is 1.17. The fraction of sp³-hybridized carbons (Fsp3) is 0.211. The number of hydrogen-bond acceptors (Lipinski definition) is 4. The molecule has 3 rings (SSSR count). The zero-order chi connectivity index (χ0) is 18.7. The Morgan fingerprint density at radius 1 is 1.15 bits per heavy atom. The van der Waals surface area contributed by atoms with Gasteiger partial charge in [0.15, 0.2) is 6.04 Å². The molecular formula is C19H19N3O4. The van der Waals surface area contributed by atoms with E-state index in [-0.39, 0.29) is 0 Å². The van der Waals surface area contributed by atoms with Crippen LogP contribution in [-0.4, -0.2) is 25.4 Å². The van der Waals surface area contributed by atoms with E-state index in [0.717, 1.165) is 10.2 Å². The second-order valence-electron chi connectivity index (χ2n) is 5.89. The van der Waals surface area contributed by atoms with E-state index < -0.39 is 17.7 Å². The SMILES string of the molecule is Cc1nn(C(C)C(=O)O)c(=O)n1-c1ccc(OCc2ccccc2)cc1. The van der Waals surface area contributed by atoms with Crippen molar-refractivity contribution < 1.29 is 14.6 Å². The molecule has 1 aromatic heterocycles. The normalized spacial score (nSPS) is 11.9. The van der Waals surface area contributed by atoms with Crippen LogP contribution >= 0.6 is 0 Å². The molecule has 0 spiro atoms. The van der Waals surface area contributed by atoms with Crippen LogP contribution in [0, 0.1) is 6.92 Å². The van der Waals surface area contributed by atoms with Gasteiger partial charge in [0.1, 0.15) is 18.2 Å². The summed E-state index contributed by atoms with van der Waals surface area (Å²) in [6, 6.07) is 15.8. The lowest BCUT2D eigenvalue weighted by Gasteiger charge is -2.08. The van der Waals surface area contributed by atoms with E-state index in [1.54, 1.807) is 31.2 Å². The molecule has 0 saturated heterocycles. The zero-order valence-electron chi connectivity index (χ0n) is 14.5. The molecule has 3 aromatic rings. The van der Waals surface area contributed by atoms with Crippen molar-refractivity contribution in [1.29, 1.82) is 0 Å².